The van der Waals surface area contributed by atoms with Crippen LogP contribution in [0, 0.1) is 5.82 Å². The number of primary amides is 1. The average Bonchev–Trinajstić information content (AvgIpc) is 2.32. The zero-order valence-corrected chi connectivity index (χ0v) is 12.5. The Morgan fingerprint density at radius 2 is 2.11 bits per heavy atom. The number of pyridine rings is 1. The largest absolute Gasteiger partial charge is 0.437 e. The Balaban J connectivity index is 2.44. The van der Waals surface area contributed by atoms with Crippen molar-refractivity contribution in [1.82, 2.24) is 4.98 Å². The molecule has 0 aliphatic rings. The third kappa shape index (κ3) is 3.10. The van der Waals surface area contributed by atoms with Gasteiger partial charge in [0.15, 0.2) is 0 Å². The van der Waals surface area contributed by atoms with Gasteiger partial charge in [-0.2, -0.15) is 0 Å². The van der Waals surface area contributed by atoms with Gasteiger partial charge in [0.05, 0.1) is 4.47 Å². The first-order valence-corrected chi connectivity index (χ1v) is 6.65. The van der Waals surface area contributed by atoms with E-state index in [4.69, 9.17) is 10.5 Å². The number of aromatic nitrogens is 1. The fraction of sp³-hybridized carbons (Fsp3) is 0. The van der Waals surface area contributed by atoms with Crippen molar-refractivity contribution in [1.29, 1.82) is 0 Å². The SMILES string of the molecule is NC(=O)c1c(F)cccc1Oc1ncc(Br)cc1Br. The van der Waals surface area contributed by atoms with E-state index < -0.39 is 11.7 Å². The number of hydrogen-bond acceptors (Lipinski definition) is 3. The van der Waals surface area contributed by atoms with Gasteiger partial charge in [-0.15, -0.1) is 0 Å². The topological polar surface area (TPSA) is 65.2 Å². The van der Waals surface area contributed by atoms with Crippen molar-refractivity contribution in [3.8, 4) is 11.6 Å². The molecule has 0 fully saturated rings. The highest BCUT2D eigenvalue weighted by atomic mass is 79.9. The molecule has 0 unspecified atom stereocenters. The Kier molecular flexibility index (Phi) is 4.16. The van der Waals surface area contributed by atoms with Gasteiger partial charge >= 0.3 is 0 Å². The second-order valence-corrected chi connectivity index (χ2v) is 5.29. The molecule has 2 N–H and O–H groups in total. The molecule has 2 aromatic rings. The van der Waals surface area contributed by atoms with Crippen molar-refractivity contribution in [2.45, 2.75) is 0 Å². The van der Waals surface area contributed by atoms with Crippen LogP contribution in [-0.4, -0.2) is 10.9 Å². The van der Waals surface area contributed by atoms with Crippen molar-refractivity contribution in [2.24, 2.45) is 5.73 Å². The number of benzene rings is 1. The minimum atomic E-state index is -0.902. The molecular weight excluding hydrogens is 383 g/mol. The monoisotopic (exact) mass is 388 g/mol. The highest BCUT2D eigenvalue weighted by Crippen LogP contribution is 2.31. The maximum absolute atomic E-state index is 13.5. The number of ether oxygens (including phenoxy) is 1. The van der Waals surface area contributed by atoms with E-state index in [1.807, 2.05) is 0 Å². The summed E-state index contributed by atoms with van der Waals surface area (Å²) in [5.41, 5.74) is 4.83. The van der Waals surface area contributed by atoms with Gasteiger partial charge in [-0.25, -0.2) is 9.37 Å². The number of carbonyl (C=O) groups is 1. The smallest absolute Gasteiger partial charge is 0.255 e. The van der Waals surface area contributed by atoms with Crippen molar-refractivity contribution >= 4 is 37.8 Å². The molecule has 98 valence electrons. The number of nitrogens with zero attached hydrogens (tertiary/aromatic N) is 1. The Hall–Kier alpha value is -1.47. The number of hydrogen-bond donors (Lipinski definition) is 1. The van der Waals surface area contributed by atoms with E-state index in [0.717, 1.165) is 10.5 Å². The van der Waals surface area contributed by atoms with Crippen molar-refractivity contribution in [3.05, 3.63) is 50.8 Å². The quantitative estimate of drug-likeness (QED) is 0.871. The van der Waals surface area contributed by atoms with Gasteiger partial charge < -0.3 is 10.5 Å². The minimum absolute atomic E-state index is 0.0167. The Morgan fingerprint density at radius 3 is 2.74 bits per heavy atom. The van der Waals surface area contributed by atoms with Gasteiger partial charge in [0, 0.05) is 10.7 Å². The summed E-state index contributed by atoms with van der Waals surface area (Å²) in [5, 5.41) is 0. The van der Waals surface area contributed by atoms with E-state index in [1.165, 1.54) is 18.3 Å². The molecule has 0 bridgehead atoms. The molecule has 0 aliphatic heterocycles. The second kappa shape index (κ2) is 5.66. The lowest BCUT2D eigenvalue weighted by Gasteiger charge is -2.10. The van der Waals surface area contributed by atoms with Gasteiger partial charge in [-0.3, -0.25) is 4.79 Å². The first-order valence-electron chi connectivity index (χ1n) is 5.06. The highest BCUT2D eigenvalue weighted by Gasteiger charge is 2.17. The molecule has 0 atom stereocenters. The first kappa shape index (κ1) is 14.0. The van der Waals surface area contributed by atoms with E-state index in [1.54, 1.807) is 6.07 Å². The molecular formula is C12H7Br2FN2O2. The van der Waals surface area contributed by atoms with Crippen LogP contribution in [0.3, 0.4) is 0 Å². The molecule has 0 radical (unpaired) electrons. The molecule has 0 aliphatic carbocycles. The summed E-state index contributed by atoms with van der Waals surface area (Å²) in [6, 6.07) is 5.71. The van der Waals surface area contributed by atoms with Gasteiger partial charge in [-0.05, 0) is 50.1 Å². The molecule has 7 heteroatoms. The summed E-state index contributed by atoms with van der Waals surface area (Å²) in [4.78, 5) is 15.2. The summed E-state index contributed by atoms with van der Waals surface area (Å²) in [6.45, 7) is 0. The summed E-state index contributed by atoms with van der Waals surface area (Å²) >= 11 is 6.51. The van der Waals surface area contributed by atoms with E-state index in [2.05, 4.69) is 36.8 Å². The van der Waals surface area contributed by atoms with Crippen LogP contribution >= 0.6 is 31.9 Å². The lowest BCUT2D eigenvalue weighted by atomic mass is 10.2. The van der Waals surface area contributed by atoms with Crippen LogP contribution in [0.15, 0.2) is 39.4 Å². The summed E-state index contributed by atoms with van der Waals surface area (Å²) in [6.07, 6.45) is 1.52. The normalized spacial score (nSPS) is 10.3. The molecule has 1 amide bonds. The highest BCUT2D eigenvalue weighted by molar-refractivity contribution is 9.11. The zero-order chi connectivity index (χ0) is 14.0. The van der Waals surface area contributed by atoms with Crippen LogP contribution < -0.4 is 10.5 Å². The van der Waals surface area contributed by atoms with Crippen LogP contribution in [-0.2, 0) is 0 Å². The van der Waals surface area contributed by atoms with Crippen LogP contribution in [0.25, 0.3) is 0 Å². The molecule has 0 spiro atoms. The zero-order valence-electron chi connectivity index (χ0n) is 9.36. The number of carbonyl (C=O) groups excluding carboxylic acids is 1. The van der Waals surface area contributed by atoms with Gasteiger partial charge in [-0.1, -0.05) is 6.07 Å². The summed E-state index contributed by atoms with van der Waals surface area (Å²) < 4.78 is 20.3. The third-order valence-electron chi connectivity index (χ3n) is 2.20. The number of rotatable bonds is 3. The Bertz CT molecular complexity index is 650. The second-order valence-electron chi connectivity index (χ2n) is 3.52. The first-order chi connectivity index (χ1) is 8.99. The van der Waals surface area contributed by atoms with Crippen LogP contribution in [0.2, 0.25) is 0 Å². The minimum Gasteiger partial charge on any atom is -0.437 e. The fourth-order valence-electron chi connectivity index (χ4n) is 1.41. The van der Waals surface area contributed by atoms with Gasteiger partial charge in [0.1, 0.15) is 17.1 Å². The number of amides is 1. The molecule has 1 heterocycles. The molecule has 0 saturated carbocycles. The lowest BCUT2D eigenvalue weighted by Crippen LogP contribution is -2.14. The van der Waals surface area contributed by atoms with Crippen molar-refractivity contribution in [3.63, 3.8) is 0 Å². The molecule has 4 nitrogen and oxygen atoms in total. The van der Waals surface area contributed by atoms with Gasteiger partial charge in [0.2, 0.25) is 5.88 Å². The van der Waals surface area contributed by atoms with Crippen LogP contribution in [0.1, 0.15) is 10.4 Å². The van der Waals surface area contributed by atoms with Gasteiger partial charge in [0.25, 0.3) is 5.91 Å². The Morgan fingerprint density at radius 1 is 1.37 bits per heavy atom. The predicted molar refractivity (Wildman–Crippen MR) is 74.6 cm³/mol. The molecule has 2 rings (SSSR count). The predicted octanol–water partition coefficient (Wildman–Crippen LogP) is 3.64. The molecule has 0 saturated heterocycles. The number of nitrogens with two attached hydrogens (primary N) is 1. The van der Waals surface area contributed by atoms with E-state index in [9.17, 15) is 9.18 Å². The van der Waals surface area contributed by atoms with E-state index >= 15 is 0 Å². The lowest BCUT2D eigenvalue weighted by molar-refractivity contribution is 0.0994. The molecule has 1 aromatic heterocycles. The fourth-order valence-corrected chi connectivity index (χ4v) is 2.48. The molecule has 19 heavy (non-hydrogen) atoms. The van der Waals surface area contributed by atoms with E-state index in [-0.39, 0.29) is 17.2 Å². The number of halogens is 3. The average molecular weight is 390 g/mol. The standard InChI is InChI=1S/C12H7Br2FN2O2/c13-6-4-7(14)12(17-5-6)19-9-3-1-2-8(15)10(9)11(16)18/h1-5H,(H2,16,18). The van der Waals surface area contributed by atoms with Crippen molar-refractivity contribution in [2.75, 3.05) is 0 Å². The maximum Gasteiger partial charge on any atom is 0.255 e. The van der Waals surface area contributed by atoms with Crippen LogP contribution in [0.4, 0.5) is 4.39 Å². The Labute approximate surface area is 125 Å². The maximum atomic E-state index is 13.5. The molecule has 1 aromatic carbocycles. The van der Waals surface area contributed by atoms with E-state index in [0.29, 0.717) is 4.47 Å². The van der Waals surface area contributed by atoms with Crippen molar-refractivity contribution < 1.29 is 13.9 Å². The third-order valence-corrected chi connectivity index (χ3v) is 3.20. The summed E-state index contributed by atoms with van der Waals surface area (Å²) in [5.74, 6) is -1.42. The van der Waals surface area contributed by atoms with Crippen LogP contribution in [0.5, 0.6) is 11.6 Å². The summed E-state index contributed by atoms with van der Waals surface area (Å²) in [7, 11) is 0.